The van der Waals surface area contributed by atoms with E-state index in [0.29, 0.717) is 6.04 Å². The molecule has 19 heavy (non-hydrogen) atoms. The van der Waals surface area contributed by atoms with Crippen molar-refractivity contribution in [3.8, 4) is 0 Å². The Morgan fingerprint density at radius 2 is 2.11 bits per heavy atom. The van der Waals surface area contributed by atoms with E-state index in [0.717, 1.165) is 26.3 Å². The SMILES string of the molecule is CC(C)n1ccc(CC(N)c2cc(Cl)ccc2I)n1. The Bertz CT molecular complexity index is 566. The van der Waals surface area contributed by atoms with Gasteiger partial charge in [0.15, 0.2) is 0 Å². The Morgan fingerprint density at radius 1 is 1.37 bits per heavy atom. The van der Waals surface area contributed by atoms with E-state index in [2.05, 4.69) is 41.5 Å². The molecule has 2 aromatic rings. The predicted molar refractivity (Wildman–Crippen MR) is 87.4 cm³/mol. The summed E-state index contributed by atoms with van der Waals surface area (Å²) >= 11 is 8.32. The van der Waals surface area contributed by atoms with Crippen LogP contribution in [0.3, 0.4) is 0 Å². The van der Waals surface area contributed by atoms with E-state index in [-0.39, 0.29) is 6.04 Å². The summed E-state index contributed by atoms with van der Waals surface area (Å²) in [7, 11) is 0. The Labute approximate surface area is 132 Å². The standard InChI is InChI=1S/C14H17ClIN3/c1-9(2)19-6-5-11(18-19)8-14(17)12-7-10(15)3-4-13(12)16/h3-7,9,14H,8,17H2,1-2H3. The number of halogens is 2. The zero-order valence-electron chi connectivity index (χ0n) is 11.0. The lowest BCUT2D eigenvalue weighted by Gasteiger charge is -2.13. The molecule has 0 aliphatic rings. The van der Waals surface area contributed by atoms with Crippen molar-refractivity contribution in [1.29, 1.82) is 0 Å². The van der Waals surface area contributed by atoms with Gasteiger partial charge in [0.2, 0.25) is 0 Å². The third-order valence-electron chi connectivity index (χ3n) is 2.98. The molecule has 0 saturated carbocycles. The topological polar surface area (TPSA) is 43.8 Å². The highest BCUT2D eigenvalue weighted by molar-refractivity contribution is 14.1. The summed E-state index contributed by atoms with van der Waals surface area (Å²) < 4.78 is 3.09. The van der Waals surface area contributed by atoms with Crippen LogP contribution in [0.1, 0.15) is 37.2 Å². The minimum Gasteiger partial charge on any atom is -0.324 e. The second-order valence-electron chi connectivity index (χ2n) is 4.86. The second kappa shape index (κ2) is 6.24. The highest BCUT2D eigenvalue weighted by Crippen LogP contribution is 2.24. The van der Waals surface area contributed by atoms with E-state index in [4.69, 9.17) is 17.3 Å². The van der Waals surface area contributed by atoms with Gasteiger partial charge in [0.25, 0.3) is 0 Å². The number of nitrogens with two attached hydrogens (primary N) is 1. The number of benzene rings is 1. The fourth-order valence-corrected chi connectivity index (χ4v) is 2.82. The van der Waals surface area contributed by atoms with Crippen molar-refractivity contribution in [1.82, 2.24) is 9.78 Å². The number of hydrogen-bond acceptors (Lipinski definition) is 2. The molecule has 1 aromatic heterocycles. The Kier molecular flexibility index (Phi) is 4.86. The Hall–Kier alpha value is -0.590. The van der Waals surface area contributed by atoms with Crippen molar-refractivity contribution in [3.05, 3.63) is 50.3 Å². The number of aromatic nitrogens is 2. The van der Waals surface area contributed by atoms with E-state index in [1.54, 1.807) is 0 Å². The van der Waals surface area contributed by atoms with Crippen molar-refractivity contribution in [2.24, 2.45) is 5.73 Å². The van der Waals surface area contributed by atoms with Crippen molar-refractivity contribution in [3.63, 3.8) is 0 Å². The molecule has 2 rings (SSSR count). The van der Waals surface area contributed by atoms with E-state index in [1.807, 2.05) is 35.1 Å². The van der Waals surface area contributed by atoms with Gasteiger partial charge in [0, 0.05) is 33.3 Å². The predicted octanol–water partition coefficient (Wildman–Crippen LogP) is 3.96. The van der Waals surface area contributed by atoms with Gasteiger partial charge in [-0.15, -0.1) is 0 Å². The van der Waals surface area contributed by atoms with Gasteiger partial charge in [0.05, 0.1) is 5.69 Å². The third kappa shape index (κ3) is 3.70. The molecule has 0 aliphatic carbocycles. The van der Waals surface area contributed by atoms with Crippen LogP contribution in [-0.2, 0) is 6.42 Å². The molecule has 0 saturated heterocycles. The summed E-state index contributed by atoms with van der Waals surface area (Å²) in [5.74, 6) is 0. The fourth-order valence-electron chi connectivity index (χ4n) is 1.91. The fraction of sp³-hybridized carbons (Fsp3) is 0.357. The van der Waals surface area contributed by atoms with Crippen LogP contribution in [0.2, 0.25) is 5.02 Å². The molecule has 0 amide bonds. The molecular formula is C14H17ClIN3. The molecule has 1 unspecified atom stereocenters. The highest BCUT2D eigenvalue weighted by atomic mass is 127. The quantitative estimate of drug-likeness (QED) is 0.804. The molecule has 0 spiro atoms. The van der Waals surface area contributed by atoms with Crippen LogP contribution in [0.25, 0.3) is 0 Å². The number of hydrogen-bond donors (Lipinski definition) is 1. The van der Waals surface area contributed by atoms with Gasteiger partial charge in [0.1, 0.15) is 0 Å². The first-order valence-corrected chi connectivity index (χ1v) is 7.67. The molecular weight excluding hydrogens is 373 g/mol. The summed E-state index contributed by atoms with van der Waals surface area (Å²) in [5.41, 5.74) is 8.36. The van der Waals surface area contributed by atoms with Crippen molar-refractivity contribution in [2.45, 2.75) is 32.4 Å². The summed E-state index contributed by atoms with van der Waals surface area (Å²) in [4.78, 5) is 0. The Morgan fingerprint density at radius 3 is 2.74 bits per heavy atom. The third-order valence-corrected chi connectivity index (χ3v) is 4.20. The van der Waals surface area contributed by atoms with Crippen LogP contribution >= 0.6 is 34.2 Å². The maximum Gasteiger partial charge on any atom is 0.0643 e. The Balaban J connectivity index is 2.15. The first-order chi connectivity index (χ1) is 8.97. The summed E-state index contributed by atoms with van der Waals surface area (Å²) in [5, 5.41) is 5.25. The molecule has 5 heteroatoms. The minimum atomic E-state index is -0.0823. The van der Waals surface area contributed by atoms with Crippen LogP contribution in [0, 0.1) is 3.57 Å². The van der Waals surface area contributed by atoms with Crippen LogP contribution in [-0.4, -0.2) is 9.78 Å². The van der Waals surface area contributed by atoms with E-state index in [9.17, 15) is 0 Å². The molecule has 0 aliphatic heterocycles. The molecule has 0 fully saturated rings. The summed E-state index contributed by atoms with van der Waals surface area (Å²) in [6.07, 6.45) is 2.71. The first kappa shape index (κ1) is 14.8. The van der Waals surface area contributed by atoms with Crippen molar-refractivity contribution < 1.29 is 0 Å². The van der Waals surface area contributed by atoms with Gasteiger partial charge in [-0.05, 0) is 66.3 Å². The van der Waals surface area contributed by atoms with Gasteiger partial charge < -0.3 is 5.73 Å². The number of nitrogens with zero attached hydrogens (tertiary/aromatic N) is 2. The molecule has 1 heterocycles. The maximum absolute atomic E-state index is 6.27. The van der Waals surface area contributed by atoms with Crippen molar-refractivity contribution in [2.75, 3.05) is 0 Å². The average molecular weight is 390 g/mol. The average Bonchev–Trinajstić information content (AvgIpc) is 2.80. The monoisotopic (exact) mass is 389 g/mol. The molecule has 0 bridgehead atoms. The zero-order valence-corrected chi connectivity index (χ0v) is 13.9. The molecule has 3 nitrogen and oxygen atoms in total. The lowest BCUT2D eigenvalue weighted by Crippen LogP contribution is -2.15. The summed E-state index contributed by atoms with van der Waals surface area (Å²) in [6.45, 7) is 4.22. The molecule has 0 radical (unpaired) electrons. The number of rotatable bonds is 4. The first-order valence-electron chi connectivity index (χ1n) is 6.22. The largest absolute Gasteiger partial charge is 0.324 e. The smallest absolute Gasteiger partial charge is 0.0643 e. The normalized spacial score (nSPS) is 12.9. The van der Waals surface area contributed by atoms with Gasteiger partial charge in [-0.25, -0.2) is 0 Å². The van der Waals surface area contributed by atoms with Gasteiger partial charge >= 0.3 is 0 Å². The lowest BCUT2D eigenvalue weighted by atomic mass is 10.0. The molecule has 102 valence electrons. The maximum atomic E-state index is 6.27. The van der Waals surface area contributed by atoms with Gasteiger partial charge in [-0.1, -0.05) is 11.6 Å². The van der Waals surface area contributed by atoms with E-state index < -0.39 is 0 Å². The van der Waals surface area contributed by atoms with Gasteiger partial charge in [-0.3, -0.25) is 4.68 Å². The van der Waals surface area contributed by atoms with Crippen molar-refractivity contribution >= 4 is 34.2 Å². The van der Waals surface area contributed by atoms with Crippen LogP contribution in [0.4, 0.5) is 0 Å². The second-order valence-corrected chi connectivity index (χ2v) is 6.46. The lowest BCUT2D eigenvalue weighted by molar-refractivity contribution is 0.522. The van der Waals surface area contributed by atoms with Crippen LogP contribution in [0.15, 0.2) is 30.5 Å². The van der Waals surface area contributed by atoms with E-state index in [1.165, 1.54) is 0 Å². The molecule has 1 atom stereocenters. The van der Waals surface area contributed by atoms with E-state index >= 15 is 0 Å². The van der Waals surface area contributed by atoms with Gasteiger partial charge in [-0.2, -0.15) is 5.10 Å². The van der Waals surface area contributed by atoms with Crippen LogP contribution in [0.5, 0.6) is 0 Å². The van der Waals surface area contributed by atoms with Crippen LogP contribution < -0.4 is 5.73 Å². The minimum absolute atomic E-state index is 0.0823. The molecule has 2 N–H and O–H groups in total. The highest BCUT2D eigenvalue weighted by Gasteiger charge is 2.13. The zero-order chi connectivity index (χ0) is 14.0. The molecule has 1 aromatic carbocycles. The summed E-state index contributed by atoms with van der Waals surface area (Å²) in [6, 6.07) is 8.13.